The number of nitrogens with one attached hydrogen (secondary N) is 1. The van der Waals surface area contributed by atoms with Crippen molar-refractivity contribution in [3.63, 3.8) is 0 Å². The van der Waals surface area contributed by atoms with Crippen LogP contribution in [-0.4, -0.2) is 46.3 Å². The van der Waals surface area contributed by atoms with E-state index in [1.807, 2.05) is 31.6 Å². The molecule has 0 aliphatic carbocycles. The van der Waals surface area contributed by atoms with E-state index in [-0.39, 0.29) is 5.91 Å². The Hall–Kier alpha value is -2.14. The van der Waals surface area contributed by atoms with Gasteiger partial charge >= 0.3 is 0 Å². The lowest BCUT2D eigenvalue weighted by Crippen LogP contribution is -2.45. The van der Waals surface area contributed by atoms with Crippen molar-refractivity contribution in [2.45, 2.75) is 46.6 Å². The van der Waals surface area contributed by atoms with Gasteiger partial charge in [0.25, 0.3) is 0 Å². The van der Waals surface area contributed by atoms with Crippen LogP contribution in [0.3, 0.4) is 0 Å². The van der Waals surface area contributed by atoms with Crippen LogP contribution >= 0.6 is 0 Å². The van der Waals surface area contributed by atoms with Crippen LogP contribution in [0.1, 0.15) is 36.4 Å². The lowest BCUT2D eigenvalue weighted by molar-refractivity contribution is -0.120. The summed E-state index contributed by atoms with van der Waals surface area (Å²) >= 11 is 0. The van der Waals surface area contributed by atoms with Crippen LogP contribution in [0.2, 0.25) is 0 Å². The van der Waals surface area contributed by atoms with Crippen LogP contribution in [0.4, 0.5) is 0 Å². The van der Waals surface area contributed by atoms with Gasteiger partial charge in [-0.2, -0.15) is 5.10 Å². The highest BCUT2D eigenvalue weighted by atomic mass is 16.1. The predicted molar refractivity (Wildman–Crippen MR) is 106 cm³/mol. The lowest BCUT2D eigenvalue weighted by Gasteiger charge is -2.30. The molecule has 2 aromatic rings. The van der Waals surface area contributed by atoms with Gasteiger partial charge < -0.3 is 5.32 Å². The Morgan fingerprint density at radius 1 is 1.19 bits per heavy atom. The van der Waals surface area contributed by atoms with Gasteiger partial charge in [-0.25, -0.2) is 0 Å². The van der Waals surface area contributed by atoms with Crippen molar-refractivity contribution in [2.24, 2.45) is 7.05 Å². The van der Waals surface area contributed by atoms with E-state index in [1.54, 1.807) is 0 Å². The molecule has 1 N–H and O–H groups in total. The molecule has 142 valence electrons. The molecule has 0 fully saturated rings. The number of hydrogen-bond donors (Lipinski definition) is 1. The molecule has 0 bridgehead atoms. The van der Waals surface area contributed by atoms with Crippen LogP contribution in [-0.2, 0) is 24.7 Å². The van der Waals surface area contributed by atoms with Crippen molar-refractivity contribution in [3.8, 4) is 0 Å². The largest absolute Gasteiger partial charge is 0.354 e. The molecule has 0 aliphatic heterocycles. The lowest BCUT2D eigenvalue weighted by atomic mass is 10.0. The number of likely N-dealkylation sites (N-methyl/N-ethyl adjacent to an activating group) is 1. The van der Waals surface area contributed by atoms with E-state index in [9.17, 15) is 4.79 Å². The Balaban J connectivity index is 2.00. The van der Waals surface area contributed by atoms with Crippen LogP contribution in [0, 0.1) is 13.8 Å². The summed E-state index contributed by atoms with van der Waals surface area (Å²) < 4.78 is 1.84. The molecule has 26 heavy (non-hydrogen) atoms. The Morgan fingerprint density at radius 2 is 1.85 bits per heavy atom. The zero-order chi connectivity index (χ0) is 19.1. The van der Waals surface area contributed by atoms with Gasteiger partial charge in [-0.05, 0) is 38.9 Å². The van der Waals surface area contributed by atoms with E-state index in [2.05, 4.69) is 53.4 Å². The minimum Gasteiger partial charge on any atom is -0.354 e. The van der Waals surface area contributed by atoms with Gasteiger partial charge in [0.2, 0.25) is 5.91 Å². The molecule has 0 spiro atoms. The van der Waals surface area contributed by atoms with Crippen molar-refractivity contribution < 1.29 is 4.79 Å². The highest BCUT2D eigenvalue weighted by molar-refractivity contribution is 5.79. The fourth-order valence-corrected chi connectivity index (χ4v) is 3.48. The van der Waals surface area contributed by atoms with E-state index in [0.717, 1.165) is 36.5 Å². The number of hydrogen-bond acceptors (Lipinski definition) is 3. The van der Waals surface area contributed by atoms with E-state index in [1.165, 1.54) is 5.56 Å². The van der Waals surface area contributed by atoms with Crippen LogP contribution in [0.25, 0.3) is 0 Å². The zero-order valence-corrected chi connectivity index (χ0v) is 16.7. The molecule has 5 nitrogen and oxygen atoms in total. The van der Waals surface area contributed by atoms with E-state index in [4.69, 9.17) is 0 Å². The molecule has 2 rings (SSSR count). The van der Waals surface area contributed by atoms with Crippen molar-refractivity contribution in [3.05, 3.63) is 52.8 Å². The fourth-order valence-electron chi connectivity index (χ4n) is 3.48. The van der Waals surface area contributed by atoms with Crippen LogP contribution in [0.15, 0.2) is 30.3 Å². The number of aryl methyl sites for hydroxylation is 2. The summed E-state index contributed by atoms with van der Waals surface area (Å²) in [6.07, 6.45) is 1.33. The van der Waals surface area contributed by atoms with Gasteiger partial charge in [0, 0.05) is 30.9 Å². The topological polar surface area (TPSA) is 50.2 Å². The molecule has 1 aromatic carbocycles. The van der Waals surface area contributed by atoms with Crippen LogP contribution in [0.5, 0.6) is 0 Å². The maximum Gasteiger partial charge on any atom is 0.224 e. The SMILES string of the molecule is CCN(CC)[C@@H](CNC(=O)Cc1c(C)nn(C)c1C)Cc1ccccc1. The third kappa shape index (κ3) is 5.18. The summed E-state index contributed by atoms with van der Waals surface area (Å²) in [5, 5.41) is 7.54. The van der Waals surface area contributed by atoms with Gasteiger partial charge in [-0.1, -0.05) is 44.2 Å². The summed E-state index contributed by atoms with van der Waals surface area (Å²) in [5.41, 5.74) is 4.33. The van der Waals surface area contributed by atoms with Gasteiger partial charge in [0.1, 0.15) is 0 Å². The first-order chi connectivity index (χ1) is 12.5. The molecule has 0 radical (unpaired) electrons. The Bertz CT molecular complexity index is 704. The van der Waals surface area contributed by atoms with E-state index in [0.29, 0.717) is 19.0 Å². The number of nitrogens with zero attached hydrogens (tertiary/aromatic N) is 3. The molecule has 1 heterocycles. The van der Waals surface area contributed by atoms with Gasteiger partial charge in [-0.3, -0.25) is 14.4 Å². The molecule has 0 saturated carbocycles. The van der Waals surface area contributed by atoms with Crippen LogP contribution < -0.4 is 5.32 Å². The number of carbonyl (C=O) groups is 1. The van der Waals surface area contributed by atoms with Gasteiger partial charge in [0.05, 0.1) is 12.1 Å². The maximum absolute atomic E-state index is 12.5. The first-order valence-corrected chi connectivity index (χ1v) is 9.49. The fraction of sp³-hybridized carbons (Fsp3) is 0.524. The van der Waals surface area contributed by atoms with Crippen molar-refractivity contribution in [1.29, 1.82) is 0 Å². The summed E-state index contributed by atoms with van der Waals surface area (Å²) in [6.45, 7) is 10.9. The standard InChI is InChI=1S/C21H32N4O/c1-6-25(7-2)19(13-18-11-9-8-10-12-18)15-22-21(26)14-20-16(3)23-24(5)17(20)4/h8-12,19H,6-7,13-15H2,1-5H3,(H,22,26)/t19-/m1/s1. The average molecular weight is 357 g/mol. The maximum atomic E-state index is 12.5. The minimum absolute atomic E-state index is 0.0643. The molecular formula is C21H32N4O. The number of benzene rings is 1. The van der Waals surface area contributed by atoms with Gasteiger partial charge in [-0.15, -0.1) is 0 Å². The normalized spacial score (nSPS) is 12.4. The van der Waals surface area contributed by atoms with Gasteiger partial charge in [0.15, 0.2) is 0 Å². The molecule has 5 heteroatoms. The first kappa shape index (κ1) is 20.2. The highest BCUT2D eigenvalue weighted by Crippen LogP contribution is 2.13. The van der Waals surface area contributed by atoms with Crippen molar-refractivity contribution in [2.75, 3.05) is 19.6 Å². The zero-order valence-electron chi connectivity index (χ0n) is 16.7. The molecule has 0 saturated heterocycles. The molecular weight excluding hydrogens is 324 g/mol. The number of amides is 1. The molecule has 1 aromatic heterocycles. The second-order valence-corrected chi connectivity index (χ2v) is 6.82. The quantitative estimate of drug-likeness (QED) is 0.751. The van der Waals surface area contributed by atoms with E-state index >= 15 is 0 Å². The third-order valence-electron chi connectivity index (χ3n) is 5.17. The minimum atomic E-state index is 0.0643. The number of aromatic nitrogens is 2. The summed E-state index contributed by atoms with van der Waals surface area (Å²) in [6, 6.07) is 10.8. The van der Waals surface area contributed by atoms with Crippen molar-refractivity contribution >= 4 is 5.91 Å². The molecule has 0 aliphatic rings. The number of rotatable bonds is 9. The van der Waals surface area contributed by atoms with Crippen molar-refractivity contribution in [1.82, 2.24) is 20.0 Å². The number of carbonyl (C=O) groups excluding carboxylic acids is 1. The predicted octanol–water partition coefficient (Wildman–Crippen LogP) is 2.65. The Labute approximate surface area is 157 Å². The molecule has 1 amide bonds. The third-order valence-corrected chi connectivity index (χ3v) is 5.17. The first-order valence-electron chi connectivity index (χ1n) is 9.49. The average Bonchev–Trinajstić information content (AvgIpc) is 2.87. The Kier molecular flexibility index (Phi) is 7.39. The summed E-state index contributed by atoms with van der Waals surface area (Å²) in [5.74, 6) is 0.0643. The second kappa shape index (κ2) is 9.53. The smallest absolute Gasteiger partial charge is 0.224 e. The van der Waals surface area contributed by atoms with E-state index < -0.39 is 0 Å². The second-order valence-electron chi connectivity index (χ2n) is 6.82. The monoisotopic (exact) mass is 356 g/mol. The summed E-state index contributed by atoms with van der Waals surface area (Å²) in [7, 11) is 1.92. The highest BCUT2D eigenvalue weighted by Gasteiger charge is 2.19. The Morgan fingerprint density at radius 3 is 2.38 bits per heavy atom. The molecule has 1 atom stereocenters. The summed E-state index contributed by atoms with van der Waals surface area (Å²) in [4.78, 5) is 14.9. The molecule has 0 unspecified atom stereocenters.